The molecule has 0 bridgehead atoms. The van der Waals surface area contributed by atoms with Crippen LogP contribution in [0.3, 0.4) is 0 Å². The van der Waals surface area contributed by atoms with E-state index in [0.29, 0.717) is 5.92 Å². The summed E-state index contributed by atoms with van der Waals surface area (Å²) in [7, 11) is 0. The molecule has 0 atom stereocenters. The first kappa shape index (κ1) is 18.3. The Morgan fingerprint density at radius 3 is 1.94 bits per heavy atom. The van der Waals surface area contributed by atoms with Gasteiger partial charge in [0, 0.05) is 0 Å². The van der Waals surface area contributed by atoms with Crippen molar-refractivity contribution in [2.24, 2.45) is 0 Å². The van der Waals surface area contributed by atoms with Crippen molar-refractivity contribution in [2.45, 2.75) is 61.3 Å². The summed E-state index contributed by atoms with van der Waals surface area (Å²) in [5, 5.41) is 0. The van der Waals surface area contributed by atoms with Gasteiger partial charge in [-0.25, -0.2) is 0 Å². The highest BCUT2D eigenvalue weighted by molar-refractivity contribution is 5.51. The summed E-state index contributed by atoms with van der Waals surface area (Å²) < 4.78 is 0. The molecule has 1 aromatic carbocycles. The second-order valence-corrected chi connectivity index (χ2v) is 3.77. The van der Waals surface area contributed by atoms with E-state index in [2.05, 4.69) is 58.0 Å². The third kappa shape index (κ3) is 6.99. The fourth-order valence-electron chi connectivity index (χ4n) is 1.58. The summed E-state index contributed by atoms with van der Waals surface area (Å²) in [5.41, 5.74) is 4.15. The molecule has 0 heterocycles. The lowest BCUT2D eigenvalue weighted by Crippen LogP contribution is -1.92. The SMILES string of the molecule is C/C=C/c1ccc(C)c(C(C)C)c1.CC.CC. The van der Waals surface area contributed by atoms with Crippen LogP contribution < -0.4 is 0 Å². The first-order valence-electron chi connectivity index (χ1n) is 6.88. The van der Waals surface area contributed by atoms with Crippen LogP contribution in [0.15, 0.2) is 24.3 Å². The molecule has 0 spiro atoms. The molecular weight excluding hydrogens is 204 g/mol. The predicted molar refractivity (Wildman–Crippen MR) is 82.7 cm³/mol. The van der Waals surface area contributed by atoms with Gasteiger partial charge in [-0.2, -0.15) is 0 Å². The molecule has 0 amide bonds. The van der Waals surface area contributed by atoms with Gasteiger partial charge in [-0.15, -0.1) is 0 Å². The van der Waals surface area contributed by atoms with Gasteiger partial charge in [-0.3, -0.25) is 0 Å². The largest absolute Gasteiger partial charge is 0.0871 e. The molecule has 0 saturated carbocycles. The summed E-state index contributed by atoms with van der Waals surface area (Å²) >= 11 is 0. The molecule has 98 valence electrons. The van der Waals surface area contributed by atoms with Gasteiger partial charge in [0.05, 0.1) is 0 Å². The third-order valence-electron chi connectivity index (χ3n) is 2.28. The molecule has 1 rings (SSSR count). The van der Waals surface area contributed by atoms with Gasteiger partial charge in [0.1, 0.15) is 0 Å². The topological polar surface area (TPSA) is 0 Å². The van der Waals surface area contributed by atoms with Crippen molar-refractivity contribution in [1.82, 2.24) is 0 Å². The summed E-state index contributed by atoms with van der Waals surface area (Å²) in [4.78, 5) is 0. The van der Waals surface area contributed by atoms with E-state index < -0.39 is 0 Å². The maximum Gasteiger partial charge on any atom is -0.0216 e. The Bertz CT molecular complexity index is 306. The predicted octanol–water partition coefficient (Wildman–Crippen LogP) is 6.20. The van der Waals surface area contributed by atoms with Gasteiger partial charge in [-0.1, -0.05) is 71.9 Å². The molecule has 0 saturated heterocycles. The van der Waals surface area contributed by atoms with E-state index in [9.17, 15) is 0 Å². The number of benzene rings is 1. The van der Waals surface area contributed by atoms with E-state index in [4.69, 9.17) is 0 Å². The minimum Gasteiger partial charge on any atom is -0.0871 e. The Balaban J connectivity index is 0. The number of hydrogen-bond acceptors (Lipinski definition) is 0. The molecule has 0 nitrogen and oxygen atoms in total. The third-order valence-corrected chi connectivity index (χ3v) is 2.28. The molecule has 0 aromatic heterocycles. The van der Waals surface area contributed by atoms with Crippen molar-refractivity contribution in [3.8, 4) is 0 Å². The van der Waals surface area contributed by atoms with Crippen LogP contribution in [-0.4, -0.2) is 0 Å². The Morgan fingerprint density at radius 1 is 1.00 bits per heavy atom. The number of rotatable bonds is 2. The van der Waals surface area contributed by atoms with Gasteiger partial charge in [0.2, 0.25) is 0 Å². The zero-order chi connectivity index (χ0) is 13.8. The molecule has 0 aliphatic rings. The van der Waals surface area contributed by atoms with Crippen LogP contribution in [0.5, 0.6) is 0 Å². The van der Waals surface area contributed by atoms with Crippen LogP contribution in [0.4, 0.5) is 0 Å². The Hall–Kier alpha value is -1.04. The second kappa shape index (κ2) is 11.4. The first-order valence-corrected chi connectivity index (χ1v) is 6.88. The van der Waals surface area contributed by atoms with E-state index in [1.54, 1.807) is 0 Å². The summed E-state index contributed by atoms with van der Waals surface area (Å²) in [6, 6.07) is 6.64. The van der Waals surface area contributed by atoms with Crippen molar-refractivity contribution in [1.29, 1.82) is 0 Å². The summed E-state index contributed by atoms with van der Waals surface area (Å²) in [6.45, 7) is 16.7. The van der Waals surface area contributed by atoms with Crippen molar-refractivity contribution in [3.63, 3.8) is 0 Å². The molecule has 0 heteroatoms. The van der Waals surface area contributed by atoms with Gasteiger partial charge >= 0.3 is 0 Å². The zero-order valence-electron chi connectivity index (χ0n) is 13.0. The van der Waals surface area contributed by atoms with Gasteiger partial charge < -0.3 is 0 Å². The van der Waals surface area contributed by atoms with Crippen LogP contribution in [-0.2, 0) is 0 Å². The molecule has 17 heavy (non-hydrogen) atoms. The average molecular weight is 234 g/mol. The molecule has 0 unspecified atom stereocenters. The van der Waals surface area contributed by atoms with Gasteiger partial charge in [0.25, 0.3) is 0 Å². The van der Waals surface area contributed by atoms with Crippen LogP contribution in [0.25, 0.3) is 6.08 Å². The second-order valence-electron chi connectivity index (χ2n) is 3.77. The molecule has 0 aliphatic heterocycles. The number of hydrogen-bond donors (Lipinski definition) is 0. The molecular formula is C17H30. The van der Waals surface area contributed by atoms with Crippen molar-refractivity contribution < 1.29 is 0 Å². The molecule has 0 N–H and O–H groups in total. The summed E-state index contributed by atoms with van der Waals surface area (Å²) in [6.07, 6.45) is 4.22. The fraction of sp³-hybridized carbons (Fsp3) is 0.529. The highest BCUT2D eigenvalue weighted by Gasteiger charge is 2.02. The smallest absolute Gasteiger partial charge is 0.0216 e. The van der Waals surface area contributed by atoms with Crippen LogP contribution in [0, 0.1) is 6.92 Å². The normalized spacial score (nSPS) is 9.47. The molecule has 1 aromatic rings. The molecule has 0 radical (unpaired) electrons. The maximum absolute atomic E-state index is 2.28. The molecule has 0 fully saturated rings. The standard InChI is InChI=1S/C13H18.2C2H6/c1-5-6-12-8-7-11(4)13(9-12)10(2)3;2*1-2/h5-10H,1-4H3;2*1-2H3/b6-5+;;. The average Bonchev–Trinajstić information content (AvgIpc) is 2.36. The highest BCUT2D eigenvalue weighted by atomic mass is 14.1. The molecule has 0 aliphatic carbocycles. The monoisotopic (exact) mass is 234 g/mol. The van der Waals surface area contributed by atoms with Crippen LogP contribution in [0.2, 0.25) is 0 Å². The quantitative estimate of drug-likeness (QED) is 0.571. The lowest BCUT2D eigenvalue weighted by Gasteiger charge is -2.10. The van der Waals surface area contributed by atoms with Crippen molar-refractivity contribution >= 4 is 6.08 Å². The van der Waals surface area contributed by atoms with Gasteiger partial charge in [-0.05, 0) is 36.5 Å². The van der Waals surface area contributed by atoms with E-state index in [-0.39, 0.29) is 0 Å². The van der Waals surface area contributed by atoms with Crippen molar-refractivity contribution in [2.75, 3.05) is 0 Å². The minimum atomic E-state index is 0.616. The highest BCUT2D eigenvalue weighted by Crippen LogP contribution is 2.20. The zero-order valence-corrected chi connectivity index (χ0v) is 13.0. The summed E-state index contributed by atoms with van der Waals surface area (Å²) in [5.74, 6) is 0.616. The lowest BCUT2D eigenvalue weighted by molar-refractivity contribution is 0.856. The van der Waals surface area contributed by atoms with E-state index in [1.807, 2.05) is 27.7 Å². The maximum atomic E-state index is 2.28. The Labute approximate surface area is 109 Å². The van der Waals surface area contributed by atoms with Gasteiger partial charge in [0.15, 0.2) is 0 Å². The fourth-order valence-corrected chi connectivity index (χ4v) is 1.58. The lowest BCUT2D eigenvalue weighted by atomic mass is 9.96. The van der Waals surface area contributed by atoms with Crippen LogP contribution >= 0.6 is 0 Å². The first-order chi connectivity index (χ1) is 8.15. The Morgan fingerprint density at radius 2 is 1.53 bits per heavy atom. The Kier molecular flexibility index (Phi) is 12.3. The minimum absolute atomic E-state index is 0.616. The van der Waals surface area contributed by atoms with E-state index in [0.717, 1.165) is 0 Å². The van der Waals surface area contributed by atoms with Crippen molar-refractivity contribution in [3.05, 3.63) is 41.0 Å². The number of aryl methyl sites for hydroxylation is 1. The van der Waals surface area contributed by atoms with E-state index in [1.165, 1.54) is 16.7 Å². The van der Waals surface area contributed by atoms with Crippen LogP contribution in [0.1, 0.15) is 71.1 Å². The van der Waals surface area contributed by atoms with E-state index >= 15 is 0 Å². The number of allylic oxidation sites excluding steroid dienone is 1.